The van der Waals surface area contributed by atoms with Gasteiger partial charge >= 0.3 is 0 Å². The highest BCUT2D eigenvalue weighted by molar-refractivity contribution is 5.43. The molecule has 74 valence electrons. The summed E-state index contributed by atoms with van der Waals surface area (Å²) in [5, 5.41) is 0. The molecule has 2 heterocycles. The van der Waals surface area contributed by atoms with E-state index in [2.05, 4.69) is 35.1 Å². The lowest BCUT2D eigenvalue weighted by Gasteiger charge is -2.18. The topological polar surface area (TPSA) is 30.2 Å². The van der Waals surface area contributed by atoms with E-state index in [-0.39, 0.29) is 5.41 Å². The molecule has 3 heteroatoms. The molecule has 0 atom stereocenters. The number of imidazole rings is 1. The van der Waals surface area contributed by atoms with E-state index in [9.17, 15) is 0 Å². The van der Waals surface area contributed by atoms with Crippen LogP contribution < -0.4 is 0 Å². The van der Waals surface area contributed by atoms with Gasteiger partial charge in [-0.1, -0.05) is 20.8 Å². The Labute approximate surface area is 83.8 Å². The van der Waals surface area contributed by atoms with Crippen molar-refractivity contribution in [2.24, 2.45) is 0 Å². The molecule has 0 unspecified atom stereocenters. The van der Waals surface area contributed by atoms with E-state index < -0.39 is 0 Å². The number of hydrogen-bond donors (Lipinski definition) is 0. The molecule has 0 bridgehead atoms. The summed E-state index contributed by atoms with van der Waals surface area (Å²) in [5.74, 6) is 0. The monoisotopic (exact) mass is 189 g/mol. The van der Waals surface area contributed by atoms with Crippen molar-refractivity contribution in [1.82, 2.24) is 14.4 Å². The average molecular weight is 189 g/mol. The largest absolute Gasteiger partial charge is 0.287 e. The Balaban J connectivity index is 2.81. The Kier molecular flexibility index (Phi) is 1.84. The zero-order valence-corrected chi connectivity index (χ0v) is 9.07. The van der Waals surface area contributed by atoms with Gasteiger partial charge in [-0.25, -0.2) is 9.97 Å². The fourth-order valence-electron chi connectivity index (χ4n) is 1.92. The number of nitrogens with zero attached hydrogens (tertiary/aromatic N) is 3. The maximum absolute atomic E-state index is 4.50. The van der Waals surface area contributed by atoms with E-state index in [1.807, 2.05) is 19.3 Å². The summed E-state index contributed by atoms with van der Waals surface area (Å²) in [6, 6.07) is 1.93. The summed E-state index contributed by atoms with van der Waals surface area (Å²) in [6.07, 6.45) is 3.60. The number of rotatable bonds is 0. The summed E-state index contributed by atoms with van der Waals surface area (Å²) in [6.45, 7) is 8.62. The van der Waals surface area contributed by atoms with Crippen LogP contribution in [0.25, 0.3) is 5.65 Å². The maximum Gasteiger partial charge on any atom is 0.139 e. The molecule has 0 aliphatic rings. The highest BCUT2D eigenvalue weighted by Gasteiger charge is 2.21. The first kappa shape index (κ1) is 9.19. The van der Waals surface area contributed by atoms with E-state index >= 15 is 0 Å². The molecule has 0 saturated heterocycles. The Bertz CT molecular complexity index is 463. The molecule has 2 rings (SSSR count). The molecule has 0 aliphatic heterocycles. The lowest BCUT2D eigenvalue weighted by atomic mass is 9.91. The van der Waals surface area contributed by atoms with Crippen LogP contribution in [-0.2, 0) is 5.41 Å². The lowest BCUT2D eigenvalue weighted by Crippen LogP contribution is -2.15. The van der Waals surface area contributed by atoms with Crippen LogP contribution in [0.3, 0.4) is 0 Å². The van der Waals surface area contributed by atoms with Gasteiger partial charge in [0.1, 0.15) is 12.0 Å². The number of hydrogen-bond acceptors (Lipinski definition) is 2. The van der Waals surface area contributed by atoms with E-state index in [0.717, 1.165) is 11.3 Å². The summed E-state index contributed by atoms with van der Waals surface area (Å²) < 4.78 is 2.06. The van der Waals surface area contributed by atoms with Gasteiger partial charge in [0.15, 0.2) is 0 Å². The van der Waals surface area contributed by atoms with Gasteiger partial charge in [0.2, 0.25) is 0 Å². The third-order valence-corrected chi connectivity index (χ3v) is 2.31. The van der Waals surface area contributed by atoms with Gasteiger partial charge in [-0.05, 0) is 13.0 Å². The van der Waals surface area contributed by atoms with Gasteiger partial charge in [-0.3, -0.25) is 4.40 Å². The second kappa shape index (κ2) is 2.80. The molecule has 0 spiro atoms. The van der Waals surface area contributed by atoms with E-state index in [1.54, 1.807) is 6.20 Å². The SMILES string of the molecule is Cc1nc2ccncn2c1C(C)(C)C. The van der Waals surface area contributed by atoms with Crippen molar-refractivity contribution in [3.63, 3.8) is 0 Å². The molecule has 0 fully saturated rings. The van der Waals surface area contributed by atoms with Crippen molar-refractivity contribution in [1.29, 1.82) is 0 Å². The molecule has 0 N–H and O–H groups in total. The highest BCUT2D eigenvalue weighted by atomic mass is 15.1. The van der Waals surface area contributed by atoms with Crippen LogP contribution in [0.1, 0.15) is 32.2 Å². The van der Waals surface area contributed by atoms with Crippen molar-refractivity contribution in [3.8, 4) is 0 Å². The molecular formula is C11H15N3. The summed E-state index contributed by atoms with van der Waals surface area (Å²) >= 11 is 0. The molecule has 14 heavy (non-hydrogen) atoms. The van der Waals surface area contributed by atoms with Crippen LogP contribution in [0.2, 0.25) is 0 Å². The third kappa shape index (κ3) is 1.29. The van der Waals surface area contributed by atoms with E-state index in [0.29, 0.717) is 0 Å². The van der Waals surface area contributed by atoms with Crippen molar-refractivity contribution < 1.29 is 0 Å². The molecule has 2 aromatic heterocycles. The molecule has 0 aromatic carbocycles. The fraction of sp³-hybridized carbons (Fsp3) is 0.455. The Morgan fingerprint density at radius 1 is 1.29 bits per heavy atom. The van der Waals surface area contributed by atoms with Crippen LogP contribution in [0.4, 0.5) is 0 Å². The van der Waals surface area contributed by atoms with Crippen molar-refractivity contribution in [3.05, 3.63) is 30.0 Å². The molecule has 0 amide bonds. The summed E-state index contributed by atoms with van der Waals surface area (Å²) in [5.41, 5.74) is 3.40. The van der Waals surface area contributed by atoms with Gasteiger partial charge in [0.25, 0.3) is 0 Å². The quantitative estimate of drug-likeness (QED) is 0.636. The van der Waals surface area contributed by atoms with Crippen LogP contribution >= 0.6 is 0 Å². The van der Waals surface area contributed by atoms with Gasteiger partial charge in [-0.15, -0.1) is 0 Å². The predicted octanol–water partition coefficient (Wildman–Crippen LogP) is 2.34. The first-order valence-corrected chi connectivity index (χ1v) is 4.79. The van der Waals surface area contributed by atoms with Crippen LogP contribution in [0.5, 0.6) is 0 Å². The molecular weight excluding hydrogens is 174 g/mol. The Hall–Kier alpha value is -1.38. The Morgan fingerprint density at radius 2 is 2.00 bits per heavy atom. The lowest BCUT2D eigenvalue weighted by molar-refractivity contribution is 0.557. The van der Waals surface area contributed by atoms with E-state index in [1.165, 1.54) is 5.69 Å². The first-order valence-electron chi connectivity index (χ1n) is 4.79. The molecule has 0 radical (unpaired) electrons. The molecule has 0 aliphatic carbocycles. The smallest absolute Gasteiger partial charge is 0.139 e. The normalized spacial score (nSPS) is 12.3. The average Bonchev–Trinajstić information content (AvgIpc) is 2.38. The van der Waals surface area contributed by atoms with Crippen molar-refractivity contribution in [2.45, 2.75) is 33.1 Å². The zero-order valence-electron chi connectivity index (χ0n) is 9.07. The minimum absolute atomic E-state index is 0.104. The van der Waals surface area contributed by atoms with E-state index in [4.69, 9.17) is 0 Å². The minimum Gasteiger partial charge on any atom is -0.287 e. The van der Waals surface area contributed by atoms with Crippen molar-refractivity contribution >= 4 is 5.65 Å². The third-order valence-electron chi connectivity index (χ3n) is 2.31. The summed E-state index contributed by atoms with van der Waals surface area (Å²) in [7, 11) is 0. The van der Waals surface area contributed by atoms with Gasteiger partial charge in [0.05, 0.1) is 11.4 Å². The van der Waals surface area contributed by atoms with Crippen LogP contribution in [0.15, 0.2) is 18.6 Å². The molecule has 0 saturated carbocycles. The van der Waals surface area contributed by atoms with Crippen LogP contribution in [0, 0.1) is 6.92 Å². The standard InChI is InChI=1S/C11H15N3/c1-8-10(11(2,3)4)14-7-12-6-5-9(14)13-8/h5-7H,1-4H3. The molecule has 2 aromatic rings. The number of aromatic nitrogens is 3. The van der Waals surface area contributed by atoms with Gasteiger partial charge in [-0.2, -0.15) is 0 Å². The predicted molar refractivity (Wildman–Crippen MR) is 56.4 cm³/mol. The minimum atomic E-state index is 0.104. The maximum atomic E-state index is 4.50. The fourth-order valence-corrected chi connectivity index (χ4v) is 1.92. The first-order chi connectivity index (χ1) is 6.50. The zero-order chi connectivity index (χ0) is 10.3. The van der Waals surface area contributed by atoms with Crippen LogP contribution in [-0.4, -0.2) is 14.4 Å². The van der Waals surface area contributed by atoms with Gasteiger partial charge in [0, 0.05) is 11.6 Å². The number of aryl methyl sites for hydroxylation is 1. The van der Waals surface area contributed by atoms with Crippen molar-refractivity contribution in [2.75, 3.05) is 0 Å². The summed E-state index contributed by atoms with van der Waals surface area (Å²) in [4.78, 5) is 8.63. The number of fused-ring (bicyclic) bond motifs is 1. The van der Waals surface area contributed by atoms with Gasteiger partial charge < -0.3 is 0 Å². The second-order valence-electron chi connectivity index (χ2n) is 4.60. The molecule has 3 nitrogen and oxygen atoms in total. The Morgan fingerprint density at radius 3 is 2.64 bits per heavy atom. The second-order valence-corrected chi connectivity index (χ2v) is 4.60. The highest BCUT2D eigenvalue weighted by Crippen LogP contribution is 2.25.